The molecule has 2 heteroatoms. The van der Waals surface area contributed by atoms with Crippen LogP contribution in [-0.2, 0) is 4.74 Å². The van der Waals surface area contributed by atoms with Gasteiger partial charge in [0, 0.05) is 12.6 Å². The van der Waals surface area contributed by atoms with Crippen LogP contribution >= 0.6 is 0 Å². The summed E-state index contributed by atoms with van der Waals surface area (Å²) in [5.41, 5.74) is 0. The summed E-state index contributed by atoms with van der Waals surface area (Å²) < 4.78 is 5.77. The van der Waals surface area contributed by atoms with Gasteiger partial charge in [0.25, 0.3) is 0 Å². The van der Waals surface area contributed by atoms with Crippen molar-refractivity contribution in [3.8, 4) is 0 Å². The van der Waals surface area contributed by atoms with Crippen molar-refractivity contribution >= 4 is 0 Å². The summed E-state index contributed by atoms with van der Waals surface area (Å²) in [5.74, 6) is 0. The highest BCUT2D eigenvalue weighted by Gasteiger charge is 2.32. The molecule has 1 saturated carbocycles. The standard InChI is InChI=1S/C10H19NO/c1-2-11-7-8-12-10-6-4-3-5-9(10)11/h9-10H,2-8H2,1H3/t9-,10+/m0/s1. The molecule has 0 unspecified atom stereocenters. The third-order valence-electron chi connectivity index (χ3n) is 3.25. The minimum absolute atomic E-state index is 0.562. The lowest BCUT2D eigenvalue weighted by atomic mass is 9.90. The molecule has 2 rings (SSSR count). The fraction of sp³-hybridized carbons (Fsp3) is 1.00. The number of fused-ring (bicyclic) bond motifs is 1. The number of rotatable bonds is 1. The molecule has 0 radical (unpaired) electrons. The molecule has 1 aliphatic carbocycles. The monoisotopic (exact) mass is 169 g/mol. The van der Waals surface area contributed by atoms with Crippen LogP contribution in [0.25, 0.3) is 0 Å². The molecular formula is C10H19NO. The van der Waals surface area contributed by atoms with Crippen LogP contribution in [-0.4, -0.2) is 36.7 Å². The second kappa shape index (κ2) is 3.75. The van der Waals surface area contributed by atoms with Crippen molar-refractivity contribution in [1.82, 2.24) is 4.90 Å². The van der Waals surface area contributed by atoms with Gasteiger partial charge in [-0.15, -0.1) is 0 Å². The molecular weight excluding hydrogens is 150 g/mol. The fourth-order valence-electron chi connectivity index (χ4n) is 2.57. The highest BCUT2D eigenvalue weighted by atomic mass is 16.5. The molecule has 1 saturated heterocycles. The molecule has 2 fully saturated rings. The van der Waals surface area contributed by atoms with Crippen molar-refractivity contribution in [1.29, 1.82) is 0 Å². The Balaban J connectivity index is 1.99. The molecule has 0 aromatic rings. The number of hydrogen-bond donors (Lipinski definition) is 0. The summed E-state index contributed by atoms with van der Waals surface area (Å²) in [6.07, 6.45) is 5.99. The summed E-state index contributed by atoms with van der Waals surface area (Å²) in [6.45, 7) is 5.56. The van der Waals surface area contributed by atoms with E-state index in [2.05, 4.69) is 11.8 Å². The van der Waals surface area contributed by atoms with Crippen LogP contribution in [0.15, 0.2) is 0 Å². The van der Waals surface area contributed by atoms with Gasteiger partial charge in [0.1, 0.15) is 0 Å². The zero-order valence-corrected chi connectivity index (χ0v) is 7.96. The van der Waals surface area contributed by atoms with Crippen LogP contribution in [0, 0.1) is 0 Å². The Hall–Kier alpha value is -0.0800. The lowest BCUT2D eigenvalue weighted by molar-refractivity contribution is -0.0862. The van der Waals surface area contributed by atoms with E-state index in [1.165, 1.54) is 32.2 Å². The Labute approximate surface area is 74.9 Å². The summed E-state index contributed by atoms with van der Waals surface area (Å²) in [6, 6.07) is 0.748. The summed E-state index contributed by atoms with van der Waals surface area (Å²) in [7, 11) is 0. The minimum Gasteiger partial charge on any atom is -0.375 e. The first-order chi connectivity index (χ1) is 5.92. The SMILES string of the molecule is CCN1CCO[C@@H]2CCCC[C@@H]21. The molecule has 12 heavy (non-hydrogen) atoms. The predicted molar refractivity (Wildman–Crippen MR) is 49.2 cm³/mol. The van der Waals surface area contributed by atoms with Crippen LogP contribution in [0.5, 0.6) is 0 Å². The van der Waals surface area contributed by atoms with Crippen molar-refractivity contribution in [2.24, 2.45) is 0 Å². The van der Waals surface area contributed by atoms with E-state index in [4.69, 9.17) is 4.74 Å². The van der Waals surface area contributed by atoms with Crippen molar-refractivity contribution in [2.75, 3.05) is 19.7 Å². The second-order valence-electron chi connectivity index (χ2n) is 3.89. The van der Waals surface area contributed by atoms with Gasteiger partial charge in [0.15, 0.2) is 0 Å². The van der Waals surface area contributed by atoms with Crippen LogP contribution in [0.4, 0.5) is 0 Å². The third-order valence-corrected chi connectivity index (χ3v) is 3.25. The normalized spacial score (nSPS) is 37.8. The smallest absolute Gasteiger partial charge is 0.0730 e. The van der Waals surface area contributed by atoms with Gasteiger partial charge in [-0.2, -0.15) is 0 Å². The Morgan fingerprint density at radius 3 is 3.00 bits per heavy atom. The number of likely N-dealkylation sites (N-methyl/N-ethyl adjacent to an activating group) is 1. The second-order valence-corrected chi connectivity index (χ2v) is 3.89. The van der Waals surface area contributed by atoms with E-state index in [0.717, 1.165) is 19.2 Å². The van der Waals surface area contributed by atoms with E-state index in [-0.39, 0.29) is 0 Å². The van der Waals surface area contributed by atoms with Gasteiger partial charge in [0.2, 0.25) is 0 Å². The fourth-order valence-corrected chi connectivity index (χ4v) is 2.57. The van der Waals surface area contributed by atoms with E-state index < -0.39 is 0 Å². The van der Waals surface area contributed by atoms with Crippen molar-refractivity contribution < 1.29 is 4.74 Å². The number of morpholine rings is 1. The number of hydrogen-bond acceptors (Lipinski definition) is 2. The van der Waals surface area contributed by atoms with Crippen molar-refractivity contribution in [2.45, 2.75) is 44.8 Å². The first-order valence-electron chi connectivity index (χ1n) is 5.27. The lowest BCUT2D eigenvalue weighted by Crippen LogP contribution is -2.52. The van der Waals surface area contributed by atoms with Gasteiger partial charge >= 0.3 is 0 Å². The molecule has 2 aliphatic rings. The quantitative estimate of drug-likeness (QED) is 0.592. The molecule has 0 aromatic heterocycles. The van der Waals surface area contributed by atoms with Crippen LogP contribution in [0.2, 0.25) is 0 Å². The average molecular weight is 169 g/mol. The lowest BCUT2D eigenvalue weighted by Gasteiger charge is -2.43. The zero-order valence-electron chi connectivity index (χ0n) is 7.96. The van der Waals surface area contributed by atoms with Crippen LogP contribution in [0.1, 0.15) is 32.6 Å². The molecule has 2 atom stereocenters. The Morgan fingerprint density at radius 2 is 2.17 bits per heavy atom. The van der Waals surface area contributed by atoms with E-state index in [1.807, 2.05) is 0 Å². The average Bonchev–Trinajstić information content (AvgIpc) is 2.17. The summed E-state index contributed by atoms with van der Waals surface area (Å²) in [4.78, 5) is 2.59. The van der Waals surface area contributed by atoms with E-state index >= 15 is 0 Å². The van der Waals surface area contributed by atoms with Crippen molar-refractivity contribution in [3.63, 3.8) is 0 Å². The molecule has 0 N–H and O–H groups in total. The molecule has 2 nitrogen and oxygen atoms in total. The largest absolute Gasteiger partial charge is 0.375 e. The molecule has 1 heterocycles. The van der Waals surface area contributed by atoms with Gasteiger partial charge in [0.05, 0.1) is 12.7 Å². The van der Waals surface area contributed by atoms with Gasteiger partial charge in [-0.05, 0) is 19.4 Å². The topological polar surface area (TPSA) is 12.5 Å². The summed E-state index contributed by atoms with van der Waals surface area (Å²) >= 11 is 0. The van der Waals surface area contributed by atoms with E-state index in [1.54, 1.807) is 0 Å². The van der Waals surface area contributed by atoms with Gasteiger partial charge in [-0.3, -0.25) is 4.90 Å². The maximum atomic E-state index is 5.77. The summed E-state index contributed by atoms with van der Waals surface area (Å²) in [5, 5.41) is 0. The maximum absolute atomic E-state index is 5.77. The minimum atomic E-state index is 0.562. The van der Waals surface area contributed by atoms with E-state index in [9.17, 15) is 0 Å². The van der Waals surface area contributed by atoms with Gasteiger partial charge in [-0.1, -0.05) is 19.8 Å². The Morgan fingerprint density at radius 1 is 1.33 bits per heavy atom. The third kappa shape index (κ3) is 1.50. The van der Waals surface area contributed by atoms with Crippen LogP contribution in [0.3, 0.4) is 0 Å². The number of ether oxygens (including phenoxy) is 1. The van der Waals surface area contributed by atoms with E-state index in [0.29, 0.717) is 6.10 Å². The predicted octanol–water partition coefficient (Wildman–Crippen LogP) is 1.65. The zero-order chi connectivity index (χ0) is 8.39. The first-order valence-corrected chi connectivity index (χ1v) is 5.27. The highest BCUT2D eigenvalue weighted by molar-refractivity contribution is 4.86. The molecule has 70 valence electrons. The maximum Gasteiger partial charge on any atom is 0.0730 e. The number of nitrogens with zero attached hydrogens (tertiary/aromatic N) is 1. The molecule has 0 bridgehead atoms. The molecule has 0 amide bonds. The Bertz CT molecular complexity index is 140. The molecule has 1 aliphatic heterocycles. The van der Waals surface area contributed by atoms with Gasteiger partial charge in [-0.25, -0.2) is 0 Å². The first kappa shape index (κ1) is 8.52. The van der Waals surface area contributed by atoms with Gasteiger partial charge < -0.3 is 4.74 Å². The Kier molecular flexibility index (Phi) is 2.66. The van der Waals surface area contributed by atoms with Crippen LogP contribution < -0.4 is 0 Å². The highest BCUT2D eigenvalue weighted by Crippen LogP contribution is 2.27. The van der Waals surface area contributed by atoms with Crippen molar-refractivity contribution in [3.05, 3.63) is 0 Å². The molecule has 0 aromatic carbocycles. The molecule has 0 spiro atoms.